The van der Waals surface area contributed by atoms with Crippen molar-refractivity contribution in [3.63, 3.8) is 0 Å². The van der Waals surface area contributed by atoms with E-state index < -0.39 is 11.4 Å². The van der Waals surface area contributed by atoms with Crippen LogP contribution in [0.4, 0.5) is 0 Å². The van der Waals surface area contributed by atoms with Gasteiger partial charge in [-0.05, 0) is 37.6 Å². The van der Waals surface area contributed by atoms with Crippen LogP contribution in [0.2, 0.25) is 0 Å². The van der Waals surface area contributed by atoms with Gasteiger partial charge in [-0.3, -0.25) is 14.9 Å². The molecule has 0 aliphatic heterocycles. The number of ether oxygens (including phenoxy) is 2. The van der Waals surface area contributed by atoms with Crippen molar-refractivity contribution < 1.29 is 19.4 Å². The van der Waals surface area contributed by atoms with Gasteiger partial charge in [-0.1, -0.05) is 6.07 Å². The highest BCUT2D eigenvalue weighted by atomic mass is 16.5. The zero-order valence-electron chi connectivity index (χ0n) is 15.8. The number of H-pyrrole nitrogens is 1. The Balaban J connectivity index is 1.45. The maximum absolute atomic E-state index is 11.1. The molecule has 3 aromatic rings. The van der Waals surface area contributed by atoms with Crippen LogP contribution in [0, 0.1) is 5.41 Å². The van der Waals surface area contributed by atoms with Crippen molar-refractivity contribution in [2.24, 2.45) is 5.41 Å². The quantitative estimate of drug-likeness (QED) is 0.585. The van der Waals surface area contributed by atoms with Gasteiger partial charge in [-0.2, -0.15) is 5.10 Å². The molecule has 146 valence electrons. The number of pyridine rings is 2. The molecule has 0 saturated heterocycles. The number of hydrogen-bond acceptors (Lipinski definition) is 6. The third-order valence-electron chi connectivity index (χ3n) is 4.13. The lowest BCUT2D eigenvalue weighted by Crippen LogP contribution is -2.30. The van der Waals surface area contributed by atoms with Gasteiger partial charge in [0.25, 0.3) is 0 Å². The lowest BCUT2D eigenvalue weighted by molar-refractivity contribution is -0.148. The molecule has 0 radical (unpaired) electrons. The number of nitrogens with one attached hydrogen (secondary N) is 1. The van der Waals surface area contributed by atoms with Gasteiger partial charge in [0.1, 0.15) is 12.4 Å². The predicted molar refractivity (Wildman–Crippen MR) is 102 cm³/mol. The van der Waals surface area contributed by atoms with E-state index in [-0.39, 0.29) is 6.61 Å². The number of aromatic nitrogens is 4. The SMILES string of the molecule is CC(C)(COc1ccc(CCOc2ccc(-c3ccn[nH]3)nc2)cn1)C(=O)O. The molecule has 0 atom stereocenters. The molecular weight excluding hydrogens is 360 g/mol. The molecule has 0 aliphatic carbocycles. The standard InChI is InChI=1S/C20H22N4O4/c1-20(2,19(25)26)13-28-18-6-3-14(11-22-18)8-10-27-15-4-5-16(21-12-15)17-7-9-23-24-17/h3-7,9,11-12H,8,10,13H2,1-2H3,(H,23,24)(H,25,26). The molecule has 2 N–H and O–H groups in total. The minimum absolute atomic E-state index is 0.0549. The summed E-state index contributed by atoms with van der Waals surface area (Å²) >= 11 is 0. The van der Waals surface area contributed by atoms with E-state index in [9.17, 15) is 4.79 Å². The molecule has 0 amide bonds. The van der Waals surface area contributed by atoms with Crippen LogP contribution in [-0.4, -0.2) is 44.5 Å². The summed E-state index contributed by atoms with van der Waals surface area (Å²) < 4.78 is 11.2. The number of rotatable bonds is 9. The molecule has 3 heterocycles. The van der Waals surface area contributed by atoms with Crippen LogP contribution in [0.15, 0.2) is 48.9 Å². The number of nitrogens with zero attached hydrogens (tertiary/aromatic N) is 3. The molecule has 0 spiro atoms. The first kappa shape index (κ1) is 19.3. The van der Waals surface area contributed by atoms with Gasteiger partial charge in [-0.15, -0.1) is 0 Å². The number of carbonyl (C=O) groups is 1. The van der Waals surface area contributed by atoms with Crippen LogP contribution >= 0.6 is 0 Å². The van der Waals surface area contributed by atoms with Crippen molar-refractivity contribution in [2.45, 2.75) is 20.3 Å². The fourth-order valence-electron chi connectivity index (χ4n) is 2.27. The average Bonchev–Trinajstić information content (AvgIpc) is 3.23. The maximum atomic E-state index is 11.1. The van der Waals surface area contributed by atoms with Crippen LogP contribution in [0.5, 0.6) is 11.6 Å². The Morgan fingerprint density at radius 3 is 2.57 bits per heavy atom. The van der Waals surface area contributed by atoms with E-state index in [0.717, 1.165) is 17.0 Å². The number of carboxylic acid groups (broad SMARTS) is 1. The minimum atomic E-state index is -0.963. The molecule has 0 fully saturated rings. The number of hydrogen-bond donors (Lipinski definition) is 2. The average molecular weight is 382 g/mol. The summed E-state index contributed by atoms with van der Waals surface area (Å²) in [5, 5.41) is 15.9. The first-order valence-electron chi connectivity index (χ1n) is 8.84. The maximum Gasteiger partial charge on any atom is 0.312 e. The van der Waals surface area contributed by atoms with Gasteiger partial charge >= 0.3 is 5.97 Å². The van der Waals surface area contributed by atoms with Crippen molar-refractivity contribution in [2.75, 3.05) is 13.2 Å². The zero-order chi connectivity index (χ0) is 20.0. The highest BCUT2D eigenvalue weighted by molar-refractivity contribution is 5.73. The topological polar surface area (TPSA) is 110 Å². The molecule has 3 rings (SSSR count). The fourth-order valence-corrected chi connectivity index (χ4v) is 2.27. The molecule has 0 saturated carbocycles. The second kappa shape index (κ2) is 8.51. The van der Waals surface area contributed by atoms with Crippen molar-refractivity contribution in [1.29, 1.82) is 0 Å². The highest BCUT2D eigenvalue weighted by Crippen LogP contribution is 2.19. The zero-order valence-corrected chi connectivity index (χ0v) is 15.8. The molecule has 8 nitrogen and oxygen atoms in total. The van der Waals surface area contributed by atoms with Crippen molar-refractivity contribution in [1.82, 2.24) is 20.2 Å². The van der Waals surface area contributed by atoms with Crippen molar-refractivity contribution in [3.05, 3.63) is 54.5 Å². The summed E-state index contributed by atoms with van der Waals surface area (Å²) in [6.45, 7) is 3.76. The Labute approximate surface area is 162 Å². The Morgan fingerprint density at radius 1 is 1.11 bits per heavy atom. The Hall–Kier alpha value is -3.42. The summed E-state index contributed by atoms with van der Waals surface area (Å²) in [4.78, 5) is 19.6. The predicted octanol–water partition coefficient (Wildman–Crippen LogP) is 2.98. The smallest absolute Gasteiger partial charge is 0.312 e. The largest absolute Gasteiger partial charge is 0.492 e. The molecule has 28 heavy (non-hydrogen) atoms. The lowest BCUT2D eigenvalue weighted by Gasteiger charge is -2.18. The molecule has 0 aliphatic rings. The first-order valence-corrected chi connectivity index (χ1v) is 8.84. The summed E-state index contributed by atoms with van der Waals surface area (Å²) in [7, 11) is 0. The first-order chi connectivity index (χ1) is 13.4. The van der Waals surface area contributed by atoms with Crippen LogP contribution in [0.3, 0.4) is 0 Å². The third-order valence-corrected chi connectivity index (χ3v) is 4.13. The normalized spacial score (nSPS) is 11.2. The van der Waals surface area contributed by atoms with E-state index in [4.69, 9.17) is 14.6 Å². The van der Waals surface area contributed by atoms with Gasteiger partial charge in [0, 0.05) is 24.9 Å². The molecule has 8 heteroatoms. The summed E-state index contributed by atoms with van der Waals surface area (Å²) in [6.07, 6.45) is 5.73. The molecule has 0 unspecified atom stereocenters. The van der Waals surface area contributed by atoms with Crippen LogP contribution in [-0.2, 0) is 11.2 Å². The van der Waals surface area contributed by atoms with E-state index >= 15 is 0 Å². The van der Waals surface area contributed by atoms with Crippen LogP contribution in [0.1, 0.15) is 19.4 Å². The van der Waals surface area contributed by atoms with E-state index in [1.165, 1.54) is 0 Å². The number of aromatic amines is 1. The number of aliphatic carboxylic acids is 1. The summed E-state index contributed by atoms with van der Waals surface area (Å²) in [5.41, 5.74) is 1.68. The van der Waals surface area contributed by atoms with Crippen molar-refractivity contribution >= 4 is 5.97 Å². The Morgan fingerprint density at radius 2 is 1.96 bits per heavy atom. The van der Waals surface area contributed by atoms with Gasteiger partial charge in [0.2, 0.25) is 5.88 Å². The Kier molecular flexibility index (Phi) is 5.88. The van der Waals surface area contributed by atoms with E-state index in [2.05, 4.69) is 20.2 Å². The number of carboxylic acids is 1. The lowest BCUT2D eigenvalue weighted by atomic mass is 9.95. The molecule has 0 bridgehead atoms. The third kappa shape index (κ3) is 5.06. The van der Waals surface area contributed by atoms with E-state index in [1.54, 1.807) is 38.5 Å². The van der Waals surface area contributed by atoms with Crippen LogP contribution < -0.4 is 9.47 Å². The summed E-state index contributed by atoms with van der Waals surface area (Å²) in [5.74, 6) is 0.179. The van der Waals surface area contributed by atoms with Gasteiger partial charge < -0.3 is 14.6 Å². The Bertz CT molecular complexity index is 891. The fraction of sp³-hybridized carbons (Fsp3) is 0.300. The summed E-state index contributed by atoms with van der Waals surface area (Å²) in [6, 6.07) is 9.21. The highest BCUT2D eigenvalue weighted by Gasteiger charge is 2.28. The van der Waals surface area contributed by atoms with Gasteiger partial charge in [0.05, 0.1) is 29.6 Å². The van der Waals surface area contributed by atoms with Gasteiger partial charge in [-0.25, -0.2) is 4.98 Å². The molecule has 3 aromatic heterocycles. The van der Waals surface area contributed by atoms with Crippen LogP contribution in [0.25, 0.3) is 11.4 Å². The van der Waals surface area contributed by atoms with Gasteiger partial charge in [0.15, 0.2) is 0 Å². The second-order valence-electron chi connectivity index (χ2n) is 6.93. The molecular formula is C20H22N4O4. The van der Waals surface area contributed by atoms with Crippen molar-refractivity contribution in [3.8, 4) is 23.0 Å². The van der Waals surface area contributed by atoms with E-state index in [0.29, 0.717) is 24.7 Å². The molecule has 0 aromatic carbocycles. The minimum Gasteiger partial charge on any atom is -0.492 e. The van der Waals surface area contributed by atoms with E-state index in [1.807, 2.05) is 24.3 Å². The second-order valence-corrected chi connectivity index (χ2v) is 6.93. The monoisotopic (exact) mass is 382 g/mol.